The molecule has 0 aliphatic heterocycles. The van der Waals surface area contributed by atoms with Gasteiger partial charge in [0.2, 0.25) is 11.8 Å². The van der Waals surface area contributed by atoms with Gasteiger partial charge in [-0.25, -0.2) is 44.9 Å². The SMILES string of the molecule is NC(=O)C1CC(n2cc(-c3ccc4ccc(-c5ccccc5)nc4c3)c3c(N)ncnc32)C1.NC(=O)C1CC(n2cc(-c3ccc4ccc(-c5ccccc5)nc4c3)c3c(N)ncnc32)C1.Nc1ncnc2c1c(-c1ccc3ccc(-c4ccccc4)nc3c1)cn2C1CC(CO)C1. The minimum absolute atomic E-state index is 0.0867. The molecule has 0 unspecified atom stereocenters. The monoisotopic (exact) mass is 1290 g/mol. The molecular formula is C78H67N17O3. The molecule has 2 amide bonds. The Labute approximate surface area is 561 Å². The number of benzene rings is 6. The molecule has 0 spiro atoms. The van der Waals surface area contributed by atoms with Crippen molar-refractivity contribution in [2.24, 2.45) is 29.2 Å². The Kier molecular flexibility index (Phi) is 15.5. The fourth-order valence-corrected chi connectivity index (χ4v) is 14.2. The lowest BCUT2D eigenvalue weighted by Gasteiger charge is -2.35. The van der Waals surface area contributed by atoms with Crippen molar-refractivity contribution >= 4 is 95.1 Å². The second-order valence-corrected chi connectivity index (χ2v) is 25.8. The van der Waals surface area contributed by atoms with Crippen molar-refractivity contribution in [1.82, 2.24) is 58.6 Å². The average Bonchev–Trinajstić information content (AvgIpc) is 1.60. The summed E-state index contributed by atoms with van der Waals surface area (Å²) in [5, 5.41) is 15.2. The Bertz CT molecular complexity index is 5330. The predicted molar refractivity (Wildman–Crippen MR) is 385 cm³/mol. The normalized spacial score (nSPS) is 17.9. The third-order valence-corrected chi connectivity index (χ3v) is 19.8. The van der Waals surface area contributed by atoms with E-state index in [4.69, 9.17) is 43.6 Å². The molecule has 0 radical (unpaired) electrons. The summed E-state index contributed by atoms with van der Waals surface area (Å²) in [6.45, 7) is 0.236. The number of primary amides is 2. The van der Waals surface area contributed by atoms with Crippen LogP contribution in [0.15, 0.2) is 220 Å². The molecule has 11 N–H and O–H groups in total. The molecule has 0 bridgehead atoms. The maximum atomic E-state index is 11.5. The summed E-state index contributed by atoms with van der Waals surface area (Å²) < 4.78 is 6.42. The van der Waals surface area contributed by atoms with Gasteiger partial charge in [-0.1, -0.05) is 146 Å². The Morgan fingerprint density at radius 3 is 0.969 bits per heavy atom. The zero-order valence-corrected chi connectivity index (χ0v) is 53.2. The van der Waals surface area contributed by atoms with Crippen molar-refractivity contribution in [2.75, 3.05) is 23.8 Å². The van der Waals surface area contributed by atoms with Gasteiger partial charge in [0, 0.05) is 105 Å². The zero-order chi connectivity index (χ0) is 66.7. The van der Waals surface area contributed by atoms with Crippen LogP contribution in [0.2, 0.25) is 0 Å². The van der Waals surface area contributed by atoms with Crippen LogP contribution in [-0.4, -0.2) is 82.1 Å². The molecule has 3 saturated carbocycles. The van der Waals surface area contributed by atoms with E-state index in [1.54, 1.807) is 0 Å². The molecule has 15 aromatic rings. The molecule has 18 rings (SSSR count). The predicted octanol–water partition coefficient (Wildman–Crippen LogP) is 13.5. The second kappa shape index (κ2) is 25.1. The minimum atomic E-state index is -0.244. The van der Waals surface area contributed by atoms with Crippen LogP contribution in [0.1, 0.15) is 56.7 Å². The quantitative estimate of drug-likeness (QED) is 0.0662. The molecule has 20 heteroatoms. The number of aromatic nitrogens is 12. The van der Waals surface area contributed by atoms with Gasteiger partial charge in [0.25, 0.3) is 0 Å². The molecule has 98 heavy (non-hydrogen) atoms. The third kappa shape index (κ3) is 11.2. The van der Waals surface area contributed by atoms with E-state index < -0.39 is 0 Å². The standard InChI is InChI=1S/2C26H22N6O.C26H23N5O/c2*27-24-23-20(13-32(26(23)30-14-29-24)19-10-18(11-19)25(28)33)17-7-6-16-8-9-21(31-22(16)12-17)15-4-2-1-3-5-15;27-25-24-21(13-31(26(24)29-15-28-25)20-10-16(11-20)14-32)19-7-6-18-8-9-22(30-23(18)12-19)17-4-2-1-3-5-17/h2*1-9,12-14,18-19H,10-11H2,(H2,28,33)(H2,27,29,30);1-9,12-13,15-16,20,32H,10-11,14H2,(H2,27,28,29). The van der Waals surface area contributed by atoms with Crippen LogP contribution < -0.4 is 28.7 Å². The van der Waals surface area contributed by atoms with Crippen molar-refractivity contribution in [3.8, 4) is 67.2 Å². The molecule has 20 nitrogen and oxygen atoms in total. The first kappa shape index (κ1) is 60.6. The number of carbonyl (C=O) groups excluding carboxylic acids is 2. The number of hydrogen-bond donors (Lipinski definition) is 6. The maximum absolute atomic E-state index is 11.5. The van der Waals surface area contributed by atoms with Gasteiger partial charge < -0.3 is 47.5 Å². The number of pyridine rings is 3. The van der Waals surface area contributed by atoms with Crippen LogP contribution >= 0.6 is 0 Å². The van der Waals surface area contributed by atoms with Gasteiger partial charge in [-0.2, -0.15) is 0 Å². The molecule has 3 aliphatic carbocycles. The molecule has 6 aromatic carbocycles. The van der Waals surface area contributed by atoms with Crippen LogP contribution in [0.4, 0.5) is 17.5 Å². The lowest BCUT2D eigenvalue weighted by Crippen LogP contribution is -2.36. The fourth-order valence-electron chi connectivity index (χ4n) is 14.2. The Balaban J connectivity index is 0.000000115. The number of rotatable bonds is 12. The number of nitrogen functional groups attached to an aromatic ring is 3. The van der Waals surface area contributed by atoms with Crippen LogP contribution in [0.25, 0.3) is 133 Å². The minimum Gasteiger partial charge on any atom is -0.396 e. The Morgan fingerprint density at radius 1 is 0.378 bits per heavy atom. The highest BCUT2D eigenvalue weighted by molar-refractivity contribution is 6.05. The summed E-state index contributed by atoms with van der Waals surface area (Å²) in [6.07, 6.45) is 15.5. The zero-order valence-electron chi connectivity index (χ0n) is 53.2. The molecule has 0 saturated heterocycles. The number of fused-ring (bicyclic) bond motifs is 6. The highest BCUT2D eigenvalue weighted by atomic mass is 16.3. The summed E-state index contributed by atoms with van der Waals surface area (Å²) in [5.74, 6) is 1.05. The van der Waals surface area contributed by atoms with E-state index in [1.807, 2.05) is 66.7 Å². The summed E-state index contributed by atoms with van der Waals surface area (Å²) >= 11 is 0. The van der Waals surface area contributed by atoms with E-state index >= 15 is 0 Å². The van der Waals surface area contributed by atoms with Crippen molar-refractivity contribution in [3.63, 3.8) is 0 Å². The van der Waals surface area contributed by atoms with E-state index in [1.165, 1.54) is 19.0 Å². The molecule has 9 heterocycles. The largest absolute Gasteiger partial charge is 0.396 e. The van der Waals surface area contributed by atoms with Gasteiger partial charge in [0.05, 0.1) is 49.8 Å². The number of amides is 2. The third-order valence-electron chi connectivity index (χ3n) is 19.8. The summed E-state index contributed by atoms with van der Waals surface area (Å²) in [7, 11) is 0. The van der Waals surface area contributed by atoms with Crippen LogP contribution in [0, 0.1) is 17.8 Å². The Hall–Kier alpha value is -12.3. The van der Waals surface area contributed by atoms with Crippen LogP contribution in [-0.2, 0) is 9.59 Å². The number of aliphatic hydroxyl groups excluding tert-OH is 1. The van der Waals surface area contributed by atoms with Crippen molar-refractivity contribution in [2.45, 2.75) is 56.7 Å². The van der Waals surface area contributed by atoms with Gasteiger partial charge in [-0.3, -0.25) is 9.59 Å². The van der Waals surface area contributed by atoms with Gasteiger partial charge in [-0.05, 0) is 97.5 Å². The first-order valence-electron chi connectivity index (χ1n) is 32.8. The number of carbonyl (C=O) groups is 2. The van der Waals surface area contributed by atoms with Gasteiger partial charge >= 0.3 is 0 Å². The van der Waals surface area contributed by atoms with Gasteiger partial charge in [0.1, 0.15) is 53.4 Å². The molecule has 3 aliphatic rings. The first-order chi connectivity index (χ1) is 47.9. The number of nitrogens with zero attached hydrogens (tertiary/aromatic N) is 12. The summed E-state index contributed by atoms with van der Waals surface area (Å²) in [5.41, 5.74) is 47.0. The van der Waals surface area contributed by atoms with Crippen molar-refractivity contribution < 1.29 is 14.7 Å². The molecular weight excluding hydrogens is 1220 g/mol. The maximum Gasteiger partial charge on any atom is 0.220 e. The highest BCUT2D eigenvalue weighted by Gasteiger charge is 2.38. The van der Waals surface area contributed by atoms with Crippen LogP contribution in [0.3, 0.4) is 0 Å². The first-order valence-corrected chi connectivity index (χ1v) is 32.8. The van der Waals surface area contributed by atoms with Crippen molar-refractivity contribution in [3.05, 3.63) is 220 Å². The van der Waals surface area contributed by atoms with E-state index in [0.29, 0.717) is 55.1 Å². The van der Waals surface area contributed by atoms with E-state index in [9.17, 15) is 14.7 Å². The lowest BCUT2D eigenvalue weighted by atomic mass is 9.79. The number of anilines is 3. The summed E-state index contributed by atoms with van der Waals surface area (Å²) in [6, 6.07) is 62.3. The van der Waals surface area contributed by atoms with E-state index in [2.05, 4.69) is 177 Å². The lowest BCUT2D eigenvalue weighted by molar-refractivity contribution is -0.126. The van der Waals surface area contributed by atoms with E-state index in [-0.39, 0.29) is 42.3 Å². The molecule has 0 atom stereocenters. The second-order valence-electron chi connectivity index (χ2n) is 25.8. The molecule has 482 valence electrons. The molecule has 3 fully saturated rings. The number of hydrogen-bond acceptors (Lipinski definition) is 15. The van der Waals surface area contributed by atoms with Crippen molar-refractivity contribution in [1.29, 1.82) is 0 Å². The number of nitrogens with two attached hydrogens (primary N) is 5. The van der Waals surface area contributed by atoms with E-state index in [0.717, 1.165) is 146 Å². The van der Waals surface area contributed by atoms with Crippen LogP contribution in [0.5, 0.6) is 0 Å². The highest BCUT2D eigenvalue weighted by Crippen LogP contribution is 2.47. The molecule has 9 aromatic heterocycles. The van der Waals surface area contributed by atoms with Gasteiger partial charge in [-0.15, -0.1) is 0 Å². The Morgan fingerprint density at radius 2 is 0.673 bits per heavy atom. The number of aliphatic hydroxyl groups is 1. The fraction of sp³-hybridized carbons (Fsp3) is 0.167. The smallest absolute Gasteiger partial charge is 0.220 e. The summed E-state index contributed by atoms with van der Waals surface area (Å²) in [4.78, 5) is 64.1. The van der Waals surface area contributed by atoms with Gasteiger partial charge in [0.15, 0.2) is 0 Å². The topological polar surface area (TPSA) is 315 Å². The average molecular weight is 1290 g/mol.